The Bertz CT molecular complexity index is 3230. The normalized spacial score (nSPS) is 11.6. The molecule has 0 saturated heterocycles. The maximum absolute atomic E-state index is 5.24. The van der Waals surface area contributed by atoms with Gasteiger partial charge >= 0.3 is 0 Å². The van der Waals surface area contributed by atoms with Crippen molar-refractivity contribution < 1.29 is 0 Å². The van der Waals surface area contributed by atoms with Gasteiger partial charge in [0.25, 0.3) is 0 Å². The van der Waals surface area contributed by atoms with E-state index in [4.69, 9.17) is 9.97 Å². The van der Waals surface area contributed by atoms with Crippen LogP contribution in [0.5, 0.6) is 0 Å². The Morgan fingerprint density at radius 1 is 0.393 bits per heavy atom. The molecule has 0 aliphatic carbocycles. The van der Waals surface area contributed by atoms with Gasteiger partial charge < -0.3 is 4.57 Å². The highest BCUT2D eigenvalue weighted by Crippen LogP contribution is 2.37. The van der Waals surface area contributed by atoms with Gasteiger partial charge in [-0.2, -0.15) is 0 Å². The van der Waals surface area contributed by atoms with E-state index in [1.165, 1.54) is 66.1 Å². The van der Waals surface area contributed by atoms with Crippen molar-refractivity contribution in [2.75, 3.05) is 0 Å². The van der Waals surface area contributed by atoms with Gasteiger partial charge in [0.05, 0.1) is 34.0 Å². The van der Waals surface area contributed by atoms with Crippen molar-refractivity contribution in [3.63, 3.8) is 0 Å². The molecule has 0 unspecified atom stereocenters. The van der Waals surface area contributed by atoms with Crippen molar-refractivity contribution in [1.29, 1.82) is 0 Å². The number of para-hydroxylation sites is 2. The van der Waals surface area contributed by atoms with Crippen LogP contribution in [0.3, 0.4) is 0 Å². The maximum Gasteiger partial charge on any atom is 0.0979 e. The molecule has 2 heterocycles. The summed E-state index contributed by atoms with van der Waals surface area (Å²) in [7, 11) is 0. The van der Waals surface area contributed by atoms with E-state index in [0.29, 0.717) is 0 Å². The third-order valence-corrected chi connectivity index (χ3v) is 11.3. The second-order valence-corrected chi connectivity index (χ2v) is 14.6. The smallest absolute Gasteiger partial charge is 0.0979 e. The standard InChI is InChI=1S/C53H35N3/c1-2-18-42(19-3-1)56-49-25-9-8-24-47(49)51-41(17-12-26-50(51)56)31-35-27-29-36(30-28-35)37-13-10-14-38(32-37)39-15-11-16-40(33-39)48-34-54-52-45-22-6-4-20-43(45)44-21-5-7-23-46(44)53(52)55-48/h1-30,32-34H,31H2. The summed E-state index contributed by atoms with van der Waals surface area (Å²) in [6.07, 6.45) is 2.78. The van der Waals surface area contributed by atoms with Crippen LogP contribution in [-0.4, -0.2) is 14.5 Å². The van der Waals surface area contributed by atoms with Crippen molar-refractivity contribution in [3.8, 4) is 39.2 Å². The van der Waals surface area contributed by atoms with E-state index < -0.39 is 0 Å². The lowest BCUT2D eigenvalue weighted by molar-refractivity contribution is 1.17. The van der Waals surface area contributed by atoms with Crippen molar-refractivity contribution in [1.82, 2.24) is 14.5 Å². The lowest BCUT2D eigenvalue weighted by Gasteiger charge is -2.11. The second-order valence-electron chi connectivity index (χ2n) is 14.6. The molecule has 0 N–H and O–H groups in total. The van der Waals surface area contributed by atoms with Gasteiger partial charge in [0.2, 0.25) is 0 Å². The highest BCUT2D eigenvalue weighted by atomic mass is 15.0. The van der Waals surface area contributed by atoms with Crippen LogP contribution < -0.4 is 0 Å². The molecule has 0 spiro atoms. The second kappa shape index (κ2) is 13.2. The average Bonchev–Trinajstić information content (AvgIpc) is 3.62. The van der Waals surface area contributed by atoms with Crippen molar-refractivity contribution in [3.05, 3.63) is 211 Å². The maximum atomic E-state index is 5.24. The zero-order chi connectivity index (χ0) is 37.0. The first-order chi connectivity index (χ1) is 27.8. The minimum atomic E-state index is 0.858. The molecule has 0 saturated carbocycles. The first-order valence-electron chi connectivity index (χ1n) is 19.2. The summed E-state index contributed by atoms with van der Waals surface area (Å²) in [5.74, 6) is 0. The Labute approximate surface area is 324 Å². The molecule has 0 fully saturated rings. The summed E-state index contributed by atoms with van der Waals surface area (Å²) >= 11 is 0. The molecule has 9 aromatic carbocycles. The quantitative estimate of drug-likeness (QED) is 0.161. The summed E-state index contributed by atoms with van der Waals surface area (Å²) in [5.41, 5.74) is 14.8. The fourth-order valence-corrected chi connectivity index (χ4v) is 8.63. The number of hydrogen-bond acceptors (Lipinski definition) is 2. The monoisotopic (exact) mass is 713 g/mol. The molecule has 0 amide bonds. The summed E-state index contributed by atoms with van der Waals surface area (Å²) < 4.78 is 2.39. The summed E-state index contributed by atoms with van der Waals surface area (Å²) in [5, 5.41) is 7.26. The van der Waals surface area contributed by atoms with Gasteiger partial charge in [0.1, 0.15) is 0 Å². The van der Waals surface area contributed by atoms with Crippen molar-refractivity contribution >= 4 is 54.4 Å². The summed E-state index contributed by atoms with van der Waals surface area (Å²) in [4.78, 5) is 10.2. The molecule has 56 heavy (non-hydrogen) atoms. The Balaban J connectivity index is 0.906. The molecule has 3 heteroatoms. The molecule has 2 aromatic heterocycles. The molecule has 0 aliphatic rings. The fraction of sp³-hybridized carbons (Fsp3) is 0.0189. The molecule has 0 radical (unpaired) electrons. The predicted octanol–water partition coefficient (Wildman–Crippen LogP) is 13.6. The van der Waals surface area contributed by atoms with Crippen LogP contribution in [0.4, 0.5) is 0 Å². The number of aromatic nitrogens is 3. The Morgan fingerprint density at radius 3 is 1.68 bits per heavy atom. The molecular formula is C53H35N3. The summed E-state index contributed by atoms with van der Waals surface area (Å²) in [6, 6.07) is 69.7. The minimum absolute atomic E-state index is 0.858. The molecule has 0 atom stereocenters. The third-order valence-electron chi connectivity index (χ3n) is 11.3. The molecule has 0 aliphatic heterocycles. The van der Waals surface area contributed by atoms with Gasteiger partial charge in [-0.1, -0.05) is 158 Å². The van der Waals surface area contributed by atoms with Crippen LogP contribution in [0.15, 0.2) is 200 Å². The van der Waals surface area contributed by atoms with E-state index in [9.17, 15) is 0 Å². The molecule has 3 nitrogen and oxygen atoms in total. The highest BCUT2D eigenvalue weighted by molar-refractivity contribution is 6.23. The minimum Gasteiger partial charge on any atom is -0.309 e. The molecule has 0 bridgehead atoms. The van der Waals surface area contributed by atoms with Crippen molar-refractivity contribution in [2.24, 2.45) is 0 Å². The SMILES string of the molecule is c1ccc(-n2c3ccccc3c3c(Cc4ccc(-c5cccc(-c6cccc(-c7cnc8c9ccccc9c9ccccc9c8n7)c6)c5)cc4)cccc32)cc1. The molecular weight excluding hydrogens is 679 g/mol. The number of benzene rings is 9. The van der Waals surface area contributed by atoms with Crippen LogP contribution in [0.25, 0.3) is 93.6 Å². The number of nitrogens with zero attached hydrogens (tertiary/aromatic N) is 3. The Morgan fingerprint density at radius 2 is 0.946 bits per heavy atom. The zero-order valence-corrected chi connectivity index (χ0v) is 30.6. The van der Waals surface area contributed by atoms with Gasteiger partial charge in [-0.3, -0.25) is 4.98 Å². The Hall–Kier alpha value is -7.36. The third kappa shape index (κ3) is 5.36. The van der Waals surface area contributed by atoms with Gasteiger partial charge in [-0.25, -0.2) is 4.98 Å². The van der Waals surface area contributed by atoms with Gasteiger partial charge in [-0.15, -0.1) is 0 Å². The van der Waals surface area contributed by atoms with E-state index in [1.807, 2.05) is 6.20 Å². The van der Waals surface area contributed by atoms with E-state index in [0.717, 1.165) is 45.0 Å². The van der Waals surface area contributed by atoms with Crippen LogP contribution in [-0.2, 0) is 6.42 Å². The van der Waals surface area contributed by atoms with Gasteiger partial charge in [0, 0.05) is 32.8 Å². The van der Waals surface area contributed by atoms with Crippen LogP contribution >= 0.6 is 0 Å². The average molecular weight is 714 g/mol. The zero-order valence-electron chi connectivity index (χ0n) is 30.6. The molecule has 262 valence electrons. The largest absolute Gasteiger partial charge is 0.309 e. The lowest BCUT2D eigenvalue weighted by atomic mass is 9.95. The highest BCUT2D eigenvalue weighted by Gasteiger charge is 2.16. The van der Waals surface area contributed by atoms with E-state index in [2.05, 4.69) is 199 Å². The van der Waals surface area contributed by atoms with Crippen molar-refractivity contribution in [2.45, 2.75) is 6.42 Å². The molecule has 11 rings (SSSR count). The van der Waals surface area contributed by atoms with E-state index >= 15 is 0 Å². The van der Waals surface area contributed by atoms with Gasteiger partial charge in [-0.05, 0) is 87.0 Å². The first-order valence-corrected chi connectivity index (χ1v) is 19.2. The molecule has 11 aromatic rings. The Kier molecular flexibility index (Phi) is 7.56. The first kappa shape index (κ1) is 32.1. The van der Waals surface area contributed by atoms with Crippen LogP contribution in [0.1, 0.15) is 11.1 Å². The van der Waals surface area contributed by atoms with E-state index in [-0.39, 0.29) is 0 Å². The van der Waals surface area contributed by atoms with E-state index in [1.54, 1.807) is 0 Å². The number of fused-ring (bicyclic) bond motifs is 9. The fourth-order valence-electron chi connectivity index (χ4n) is 8.63. The van der Waals surface area contributed by atoms with Crippen LogP contribution in [0, 0.1) is 0 Å². The lowest BCUT2D eigenvalue weighted by Crippen LogP contribution is -1.94. The van der Waals surface area contributed by atoms with Gasteiger partial charge in [0.15, 0.2) is 0 Å². The topological polar surface area (TPSA) is 30.7 Å². The predicted molar refractivity (Wildman–Crippen MR) is 234 cm³/mol. The summed E-state index contributed by atoms with van der Waals surface area (Å²) in [6.45, 7) is 0. The number of rotatable bonds is 6. The number of hydrogen-bond donors (Lipinski definition) is 0. The van der Waals surface area contributed by atoms with Crippen LogP contribution in [0.2, 0.25) is 0 Å².